The van der Waals surface area contributed by atoms with Crippen LogP contribution in [0, 0.1) is 5.82 Å². The summed E-state index contributed by atoms with van der Waals surface area (Å²) in [6, 6.07) is 14.6. The van der Waals surface area contributed by atoms with E-state index < -0.39 is 0 Å². The van der Waals surface area contributed by atoms with Crippen molar-refractivity contribution in [2.24, 2.45) is 4.99 Å². The van der Waals surface area contributed by atoms with Gasteiger partial charge in [0.25, 0.3) is 0 Å². The minimum Gasteiger partial charge on any atom is -0.489 e. The lowest BCUT2D eigenvalue weighted by Crippen LogP contribution is -2.41. The number of benzene rings is 2. The summed E-state index contributed by atoms with van der Waals surface area (Å²) >= 11 is 0. The molecule has 0 aromatic heterocycles. The van der Waals surface area contributed by atoms with Gasteiger partial charge in [0.15, 0.2) is 5.96 Å². The van der Waals surface area contributed by atoms with Gasteiger partial charge in [-0.1, -0.05) is 30.3 Å². The number of hydrogen-bond acceptors (Lipinski definition) is 3. The van der Waals surface area contributed by atoms with E-state index in [9.17, 15) is 4.39 Å². The van der Waals surface area contributed by atoms with Crippen molar-refractivity contribution in [3.05, 3.63) is 65.5 Å². The van der Waals surface area contributed by atoms with E-state index in [1.807, 2.05) is 6.92 Å². The first kappa shape index (κ1) is 20.7. The minimum atomic E-state index is -0.304. The zero-order chi connectivity index (χ0) is 19.6. The van der Waals surface area contributed by atoms with Crippen LogP contribution in [0.25, 0.3) is 0 Å². The molecule has 0 aliphatic rings. The molecule has 0 spiro atoms. The molecule has 1 atom stereocenters. The van der Waals surface area contributed by atoms with Crippen LogP contribution in [-0.2, 0) is 13.1 Å². The van der Waals surface area contributed by atoms with Crippen LogP contribution in [0.5, 0.6) is 5.75 Å². The van der Waals surface area contributed by atoms with Crippen LogP contribution in [0.4, 0.5) is 4.39 Å². The number of aliphatic imine (C=N–C) groups is 1. The van der Waals surface area contributed by atoms with Gasteiger partial charge in [-0.2, -0.15) is 0 Å². The molecule has 0 saturated carbocycles. The van der Waals surface area contributed by atoms with Crippen LogP contribution >= 0.6 is 0 Å². The molecule has 0 aliphatic carbocycles. The number of nitrogens with one attached hydrogen (secondary N) is 2. The third-order valence-electron chi connectivity index (χ3n) is 3.86. The molecular weight excluding hydrogens is 343 g/mol. The van der Waals surface area contributed by atoms with Crippen molar-refractivity contribution in [1.29, 1.82) is 0 Å². The van der Waals surface area contributed by atoms with Crippen molar-refractivity contribution in [1.82, 2.24) is 15.5 Å². The van der Waals surface area contributed by atoms with Gasteiger partial charge >= 0.3 is 0 Å². The smallest absolute Gasteiger partial charge is 0.191 e. The van der Waals surface area contributed by atoms with Gasteiger partial charge in [0.05, 0.1) is 6.54 Å². The summed E-state index contributed by atoms with van der Waals surface area (Å²) in [5, 5.41) is 6.54. The molecule has 5 nitrogen and oxygen atoms in total. The van der Waals surface area contributed by atoms with Crippen LogP contribution in [-0.4, -0.2) is 44.7 Å². The average Bonchev–Trinajstić information content (AvgIpc) is 2.61. The predicted octanol–water partition coefficient (Wildman–Crippen LogP) is 3.02. The number of guanidine groups is 1. The van der Waals surface area contributed by atoms with E-state index in [2.05, 4.69) is 58.9 Å². The Kier molecular flexibility index (Phi) is 8.07. The van der Waals surface area contributed by atoms with Crippen molar-refractivity contribution in [3.8, 4) is 5.75 Å². The number of rotatable bonds is 8. The van der Waals surface area contributed by atoms with Gasteiger partial charge in [-0.3, -0.25) is 4.99 Å². The molecule has 0 aliphatic heterocycles. The number of hydrogen-bond donors (Lipinski definition) is 2. The first-order chi connectivity index (χ1) is 13.0. The lowest BCUT2D eigenvalue weighted by atomic mass is 10.1. The highest BCUT2D eigenvalue weighted by atomic mass is 19.1. The molecule has 2 N–H and O–H groups in total. The Morgan fingerprint density at radius 1 is 1.11 bits per heavy atom. The fourth-order valence-electron chi connectivity index (χ4n) is 2.66. The Labute approximate surface area is 161 Å². The quantitative estimate of drug-likeness (QED) is 0.552. The van der Waals surface area contributed by atoms with Gasteiger partial charge < -0.3 is 20.3 Å². The second-order valence-electron chi connectivity index (χ2n) is 6.75. The van der Waals surface area contributed by atoms with E-state index in [0.29, 0.717) is 24.8 Å². The monoisotopic (exact) mass is 372 g/mol. The molecule has 2 rings (SSSR count). The summed E-state index contributed by atoms with van der Waals surface area (Å²) in [5.41, 5.74) is 2.47. The van der Waals surface area contributed by atoms with E-state index in [4.69, 9.17) is 4.74 Å². The van der Waals surface area contributed by atoms with Crippen molar-refractivity contribution in [2.75, 3.05) is 27.7 Å². The second kappa shape index (κ2) is 10.5. The molecule has 0 bridgehead atoms. The third kappa shape index (κ3) is 7.66. The number of ether oxygens (including phenoxy) is 1. The van der Waals surface area contributed by atoms with Gasteiger partial charge in [-0.05, 0) is 44.3 Å². The van der Waals surface area contributed by atoms with Gasteiger partial charge in [-0.15, -0.1) is 0 Å². The Hall–Kier alpha value is -2.60. The summed E-state index contributed by atoms with van der Waals surface area (Å²) < 4.78 is 18.9. The van der Waals surface area contributed by atoms with Gasteiger partial charge in [0.1, 0.15) is 17.7 Å². The molecule has 0 fully saturated rings. The molecule has 0 saturated heterocycles. The fourth-order valence-corrected chi connectivity index (χ4v) is 2.66. The zero-order valence-electron chi connectivity index (χ0n) is 16.5. The molecule has 2 aromatic carbocycles. The molecule has 0 heterocycles. The lowest BCUT2D eigenvalue weighted by Gasteiger charge is -2.18. The maximum absolute atomic E-state index is 13.2. The van der Waals surface area contributed by atoms with Gasteiger partial charge in [-0.25, -0.2) is 4.39 Å². The zero-order valence-corrected chi connectivity index (χ0v) is 16.5. The van der Waals surface area contributed by atoms with Crippen molar-refractivity contribution < 1.29 is 9.13 Å². The van der Waals surface area contributed by atoms with Crippen molar-refractivity contribution >= 4 is 5.96 Å². The molecule has 6 heteroatoms. The van der Waals surface area contributed by atoms with E-state index in [1.165, 1.54) is 23.3 Å². The fraction of sp³-hybridized carbons (Fsp3) is 0.381. The van der Waals surface area contributed by atoms with E-state index in [0.717, 1.165) is 6.54 Å². The number of halogens is 1. The predicted molar refractivity (Wildman–Crippen MR) is 109 cm³/mol. The standard InChI is InChI=1S/C21H29FN4O/c1-16(27-20-10-6-9-19(22)12-20)13-24-21(23-2)25-14-17-7-5-8-18(11-17)15-26(3)4/h5-12,16H,13-15H2,1-4H3,(H2,23,24,25). The van der Waals surface area contributed by atoms with Crippen LogP contribution in [0.1, 0.15) is 18.1 Å². The topological polar surface area (TPSA) is 48.9 Å². The van der Waals surface area contributed by atoms with Crippen LogP contribution in [0.15, 0.2) is 53.5 Å². The maximum Gasteiger partial charge on any atom is 0.191 e. The summed E-state index contributed by atoms with van der Waals surface area (Å²) in [5.74, 6) is 0.911. The molecule has 27 heavy (non-hydrogen) atoms. The molecule has 0 radical (unpaired) electrons. The Balaban J connectivity index is 1.80. The first-order valence-corrected chi connectivity index (χ1v) is 9.05. The molecular formula is C21H29FN4O. The second-order valence-corrected chi connectivity index (χ2v) is 6.75. The van der Waals surface area contributed by atoms with Gasteiger partial charge in [0.2, 0.25) is 0 Å². The van der Waals surface area contributed by atoms with E-state index >= 15 is 0 Å². The minimum absolute atomic E-state index is 0.131. The van der Waals surface area contributed by atoms with E-state index in [1.54, 1.807) is 19.2 Å². The van der Waals surface area contributed by atoms with Crippen molar-refractivity contribution in [3.63, 3.8) is 0 Å². The van der Waals surface area contributed by atoms with Crippen LogP contribution in [0.2, 0.25) is 0 Å². The van der Waals surface area contributed by atoms with Crippen LogP contribution < -0.4 is 15.4 Å². The maximum atomic E-state index is 13.2. The van der Waals surface area contributed by atoms with E-state index in [-0.39, 0.29) is 11.9 Å². The molecule has 0 amide bonds. The van der Waals surface area contributed by atoms with Crippen molar-refractivity contribution in [2.45, 2.75) is 26.1 Å². The molecule has 146 valence electrons. The highest BCUT2D eigenvalue weighted by Crippen LogP contribution is 2.13. The first-order valence-electron chi connectivity index (χ1n) is 9.05. The lowest BCUT2D eigenvalue weighted by molar-refractivity contribution is 0.223. The molecule has 2 aromatic rings. The normalized spacial score (nSPS) is 12.7. The van der Waals surface area contributed by atoms with Crippen LogP contribution in [0.3, 0.4) is 0 Å². The SMILES string of the molecule is CN=C(NCc1cccc(CN(C)C)c1)NCC(C)Oc1cccc(F)c1. The summed E-state index contributed by atoms with van der Waals surface area (Å²) in [4.78, 5) is 6.38. The highest BCUT2D eigenvalue weighted by molar-refractivity contribution is 5.79. The third-order valence-corrected chi connectivity index (χ3v) is 3.86. The summed E-state index contributed by atoms with van der Waals surface area (Å²) in [6.45, 7) is 4.07. The Morgan fingerprint density at radius 3 is 2.56 bits per heavy atom. The Bertz CT molecular complexity index is 748. The molecule has 1 unspecified atom stereocenters. The average molecular weight is 372 g/mol. The Morgan fingerprint density at radius 2 is 1.85 bits per heavy atom. The highest BCUT2D eigenvalue weighted by Gasteiger charge is 2.07. The number of nitrogens with zero attached hydrogens (tertiary/aromatic N) is 2. The van der Waals surface area contributed by atoms with Gasteiger partial charge in [0, 0.05) is 26.2 Å². The largest absolute Gasteiger partial charge is 0.489 e. The summed E-state index contributed by atoms with van der Waals surface area (Å²) in [6.07, 6.45) is -0.131. The summed E-state index contributed by atoms with van der Waals surface area (Å²) in [7, 11) is 5.85.